The fraction of sp³-hybridized carbons (Fsp3) is 0.333. The normalized spacial score (nSPS) is 8.43. The van der Waals surface area contributed by atoms with E-state index in [1.165, 1.54) is 0 Å². The highest BCUT2D eigenvalue weighted by Crippen LogP contribution is 2.11. The Hall–Kier alpha value is 0.410. The summed E-state index contributed by atoms with van der Waals surface area (Å²) in [6.45, 7) is 0. The first-order valence-corrected chi connectivity index (χ1v) is 2.76. The van der Waals surface area contributed by atoms with E-state index >= 15 is 0 Å². The van der Waals surface area contributed by atoms with Gasteiger partial charge in [-0.1, -0.05) is 23.2 Å². The Morgan fingerprint density at radius 2 is 1.86 bits per heavy atom. The molecule has 4 heteroatoms. The number of aliphatic hydroxyl groups is 1. The number of aliphatic hydroxyl groups excluding tert-OH is 1. The topological polar surface area (TPSA) is 20.2 Å². The van der Waals surface area contributed by atoms with Gasteiger partial charge in [-0.25, -0.2) is 0 Å². The highest BCUT2D eigenvalue weighted by Gasteiger charge is 1.93. The van der Waals surface area contributed by atoms with Gasteiger partial charge in [0.15, 0.2) is 0 Å². The molecule has 0 aliphatic heterocycles. The van der Waals surface area contributed by atoms with Crippen molar-refractivity contribution in [2.24, 2.45) is 0 Å². The lowest BCUT2D eigenvalue weighted by Crippen LogP contribution is -1.79. The van der Waals surface area contributed by atoms with Crippen molar-refractivity contribution in [3.63, 3.8) is 0 Å². The molecule has 0 aromatic rings. The standard InChI is InChI=1S/C3H3Cl3O/c4-1-2(7)3(5)6/h7H,1H2. The van der Waals surface area contributed by atoms with Crippen LogP contribution in [0.4, 0.5) is 0 Å². The van der Waals surface area contributed by atoms with E-state index in [1.807, 2.05) is 0 Å². The highest BCUT2D eigenvalue weighted by molar-refractivity contribution is 6.56. The molecule has 0 amide bonds. The Bertz CT molecular complexity index is 84.2. The van der Waals surface area contributed by atoms with Crippen LogP contribution >= 0.6 is 34.8 Å². The molecule has 42 valence electrons. The molecule has 0 saturated heterocycles. The first-order valence-electron chi connectivity index (χ1n) is 1.47. The second-order valence-corrected chi connectivity index (χ2v) is 2.06. The molecule has 7 heavy (non-hydrogen) atoms. The quantitative estimate of drug-likeness (QED) is 0.463. The molecule has 0 aromatic heterocycles. The molecule has 0 aromatic carbocycles. The first kappa shape index (κ1) is 7.41. The summed E-state index contributed by atoms with van der Waals surface area (Å²) in [6, 6.07) is 0. The van der Waals surface area contributed by atoms with E-state index in [0.717, 1.165) is 0 Å². The molecule has 0 atom stereocenters. The molecule has 1 N–H and O–H groups in total. The van der Waals surface area contributed by atoms with Gasteiger partial charge in [0.25, 0.3) is 0 Å². The third-order valence-electron chi connectivity index (χ3n) is 0.345. The summed E-state index contributed by atoms with van der Waals surface area (Å²) in [7, 11) is 0. The van der Waals surface area contributed by atoms with E-state index in [4.69, 9.17) is 39.9 Å². The molecule has 0 radical (unpaired) electrons. The fourth-order valence-corrected chi connectivity index (χ4v) is 0.455. The van der Waals surface area contributed by atoms with Crippen LogP contribution in [0.1, 0.15) is 0 Å². The Kier molecular flexibility index (Phi) is 3.62. The molecule has 0 unspecified atom stereocenters. The third-order valence-corrected chi connectivity index (χ3v) is 1.03. The second-order valence-electron chi connectivity index (χ2n) is 0.841. The van der Waals surface area contributed by atoms with Crippen molar-refractivity contribution >= 4 is 34.8 Å². The van der Waals surface area contributed by atoms with Crippen LogP contribution in [0.3, 0.4) is 0 Å². The lowest BCUT2D eigenvalue weighted by molar-refractivity contribution is 0.416. The number of hydrogen-bond donors (Lipinski definition) is 1. The Morgan fingerprint density at radius 1 is 1.43 bits per heavy atom. The van der Waals surface area contributed by atoms with Crippen LogP contribution in [0.15, 0.2) is 10.3 Å². The van der Waals surface area contributed by atoms with Crippen molar-refractivity contribution in [3.05, 3.63) is 10.3 Å². The van der Waals surface area contributed by atoms with Gasteiger partial charge >= 0.3 is 0 Å². The predicted octanol–water partition coefficient (Wildman–Crippen LogP) is 2.43. The molecular formula is C3H3Cl3O. The van der Waals surface area contributed by atoms with E-state index in [2.05, 4.69) is 0 Å². The summed E-state index contributed by atoms with van der Waals surface area (Å²) in [4.78, 5) is 0. The fourth-order valence-electron chi connectivity index (χ4n) is 0.0505. The van der Waals surface area contributed by atoms with Crippen molar-refractivity contribution in [2.75, 3.05) is 5.88 Å². The van der Waals surface area contributed by atoms with Crippen molar-refractivity contribution in [2.45, 2.75) is 0 Å². The lowest BCUT2D eigenvalue weighted by Gasteiger charge is -1.87. The smallest absolute Gasteiger partial charge is 0.145 e. The van der Waals surface area contributed by atoms with Gasteiger partial charge in [-0.15, -0.1) is 11.6 Å². The van der Waals surface area contributed by atoms with E-state index in [9.17, 15) is 0 Å². The highest BCUT2D eigenvalue weighted by atomic mass is 35.5. The number of hydrogen-bond acceptors (Lipinski definition) is 1. The van der Waals surface area contributed by atoms with Gasteiger partial charge < -0.3 is 5.11 Å². The minimum absolute atomic E-state index is 0.0394. The minimum Gasteiger partial charge on any atom is -0.509 e. The molecule has 0 saturated carbocycles. The predicted molar refractivity (Wildman–Crippen MR) is 32.1 cm³/mol. The van der Waals surface area contributed by atoms with E-state index in [-0.39, 0.29) is 16.1 Å². The molecule has 0 rings (SSSR count). The van der Waals surface area contributed by atoms with Crippen LogP contribution in [-0.4, -0.2) is 11.0 Å². The Morgan fingerprint density at radius 3 is 1.86 bits per heavy atom. The maximum Gasteiger partial charge on any atom is 0.145 e. The van der Waals surface area contributed by atoms with Gasteiger partial charge in [-0.2, -0.15) is 0 Å². The van der Waals surface area contributed by atoms with Crippen molar-refractivity contribution < 1.29 is 5.11 Å². The largest absolute Gasteiger partial charge is 0.509 e. The molecule has 0 aliphatic carbocycles. The van der Waals surface area contributed by atoms with Crippen molar-refractivity contribution in [1.29, 1.82) is 0 Å². The number of halogens is 3. The van der Waals surface area contributed by atoms with Gasteiger partial charge in [0.1, 0.15) is 10.3 Å². The minimum atomic E-state index is -0.190. The van der Waals surface area contributed by atoms with Crippen LogP contribution in [0.2, 0.25) is 0 Å². The van der Waals surface area contributed by atoms with Crippen LogP contribution in [0.25, 0.3) is 0 Å². The maximum atomic E-state index is 8.42. The Labute approximate surface area is 56.5 Å². The average molecular weight is 161 g/mol. The van der Waals surface area contributed by atoms with Crippen molar-refractivity contribution in [3.8, 4) is 0 Å². The zero-order chi connectivity index (χ0) is 5.86. The summed E-state index contributed by atoms with van der Waals surface area (Å²) in [5, 5.41) is 8.42. The first-order chi connectivity index (χ1) is 3.18. The summed E-state index contributed by atoms with van der Waals surface area (Å²) in [5.41, 5.74) is 0. The van der Waals surface area contributed by atoms with Crippen LogP contribution < -0.4 is 0 Å². The number of alkyl halides is 1. The van der Waals surface area contributed by atoms with Gasteiger partial charge in [0.2, 0.25) is 0 Å². The zero-order valence-electron chi connectivity index (χ0n) is 3.29. The summed E-state index contributed by atoms with van der Waals surface area (Å²) in [6.07, 6.45) is 0. The molecule has 0 aliphatic rings. The lowest BCUT2D eigenvalue weighted by atomic mass is 10.7. The molecule has 0 bridgehead atoms. The average Bonchev–Trinajstić information content (AvgIpc) is 1.65. The van der Waals surface area contributed by atoms with Gasteiger partial charge in [0, 0.05) is 0 Å². The van der Waals surface area contributed by atoms with E-state index < -0.39 is 0 Å². The van der Waals surface area contributed by atoms with Gasteiger partial charge in [0.05, 0.1) is 5.88 Å². The van der Waals surface area contributed by atoms with Crippen LogP contribution in [-0.2, 0) is 0 Å². The van der Waals surface area contributed by atoms with E-state index in [0.29, 0.717) is 0 Å². The summed E-state index contributed by atoms with van der Waals surface area (Å²) < 4.78 is -0.171. The van der Waals surface area contributed by atoms with Crippen LogP contribution in [0.5, 0.6) is 0 Å². The van der Waals surface area contributed by atoms with Gasteiger partial charge in [-0.05, 0) is 0 Å². The van der Waals surface area contributed by atoms with Crippen LogP contribution in [0, 0.1) is 0 Å². The summed E-state index contributed by atoms with van der Waals surface area (Å²) in [5.74, 6) is -0.229. The summed E-state index contributed by atoms with van der Waals surface area (Å²) >= 11 is 15.1. The molecule has 0 spiro atoms. The van der Waals surface area contributed by atoms with E-state index in [1.54, 1.807) is 0 Å². The monoisotopic (exact) mass is 160 g/mol. The SMILES string of the molecule is OC(CCl)=C(Cl)Cl. The maximum absolute atomic E-state index is 8.42. The number of rotatable bonds is 1. The van der Waals surface area contributed by atoms with Crippen molar-refractivity contribution in [1.82, 2.24) is 0 Å². The van der Waals surface area contributed by atoms with Gasteiger partial charge in [-0.3, -0.25) is 0 Å². The molecule has 0 heterocycles. The zero-order valence-corrected chi connectivity index (χ0v) is 5.56. The second kappa shape index (κ2) is 3.42. The molecular weight excluding hydrogens is 158 g/mol. The Balaban J connectivity index is 3.72. The number of allylic oxidation sites excluding steroid dienone is 1. The molecule has 1 nitrogen and oxygen atoms in total. The molecule has 0 fully saturated rings. The third kappa shape index (κ3) is 3.03.